The minimum Gasteiger partial charge on any atom is -0.511 e. The lowest BCUT2D eigenvalue weighted by molar-refractivity contribution is -0.133. The lowest BCUT2D eigenvalue weighted by Gasteiger charge is -2.18. The van der Waals surface area contributed by atoms with Gasteiger partial charge in [-0.1, -0.05) is 24.3 Å². The summed E-state index contributed by atoms with van der Waals surface area (Å²) in [5.41, 5.74) is 2.17. The lowest BCUT2D eigenvalue weighted by Crippen LogP contribution is -2.13. The molecule has 1 aromatic rings. The number of aliphatic hydroxyl groups is 1. The second-order valence-electron chi connectivity index (χ2n) is 3.47. The third-order valence-electron chi connectivity index (χ3n) is 2.60. The van der Waals surface area contributed by atoms with Crippen molar-refractivity contribution >= 4 is 11.5 Å². The van der Waals surface area contributed by atoms with Crippen molar-refractivity contribution in [2.45, 2.75) is 12.8 Å². The van der Waals surface area contributed by atoms with Crippen molar-refractivity contribution in [3.8, 4) is 0 Å². The summed E-state index contributed by atoms with van der Waals surface area (Å²) in [6.45, 7) is 0. The Bertz CT molecular complexity index is 432. The Hall–Kier alpha value is -1.77. The molecule has 2 rings (SSSR count). The van der Waals surface area contributed by atoms with E-state index in [-0.39, 0.29) is 5.76 Å². The topological polar surface area (TPSA) is 46.5 Å². The van der Waals surface area contributed by atoms with E-state index >= 15 is 0 Å². The molecular weight excluding hydrogens is 192 g/mol. The summed E-state index contributed by atoms with van der Waals surface area (Å²) in [5.74, 6) is -0.347. The van der Waals surface area contributed by atoms with Crippen LogP contribution in [0.1, 0.15) is 17.5 Å². The van der Waals surface area contributed by atoms with Crippen LogP contribution in [-0.2, 0) is 16.0 Å². The maximum absolute atomic E-state index is 11.5. The second-order valence-corrected chi connectivity index (χ2v) is 3.47. The van der Waals surface area contributed by atoms with E-state index in [0.29, 0.717) is 12.0 Å². The molecule has 1 aliphatic rings. The number of esters is 1. The number of ether oxygens (including phenoxy) is 1. The van der Waals surface area contributed by atoms with Crippen molar-refractivity contribution in [1.82, 2.24) is 0 Å². The van der Waals surface area contributed by atoms with E-state index < -0.39 is 5.97 Å². The third kappa shape index (κ3) is 1.61. The fourth-order valence-corrected chi connectivity index (χ4v) is 1.85. The molecule has 0 spiro atoms. The predicted octanol–water partition coefficient (Wildman–Crippen LogP) is 2.07. The van der Waals surface area contributed by atoms with Crippen molar-refractivity contribution in [1.29, 1.82) is 0 Å². The van der Waals surface area contributed by atoms with Crippen LogP contribution in [0.5, 0.6) is 0 Å². The number of benzene rings is 1. The number of hydrogen-bond donors (Lipinski definition) is 1. The Morgan fingerprint density at radius 3 is 2.80 bits per heavy atom. The van der Waals surface area contributed by atoms with Crippen molar-refractivity contribution in [2.75, 3.05) is 7.11 Å². The SMILES string of the molecule is COC(=O)C1=C(O)CCc2ccccc21. The molecule has 0 aliphatic heterocycles. The number of aliphatic hydroxyl groups excluding tert-OH is 1. The van der Waals surface area contributed by atoms with E-state index in [2.05, 4.69) is 4.74 Å². The van der Waals surface area contributed by atoms with E-state index in [9.17, 15) is 9.90 Å². The zero-order valence-corrected chi connectivity index (χ0v) is 8.49. The van der Waals surface area contributed by atoms with Gasteiger partial charge in [-0.25, -0.2) is 4.79 Å². The van der Waals surface area contributed by atoms with Gasteiger partial charge in [0.05, 0.1) is 7.11 Å². The fraction of sp³-hybridized carbons (Fsp3) is 0.250. The van der Waals surface area contributed by atoms with Gasteiger partial charge in [-0.3, -0.25) is 0 Å². The minimum absolute atomic E-state index is 0.126. The largest absolute Gasteiger partial charge is 0.511 e. The number of methoxy groups -OCH3 is 1. The quantitative estimate of drug-likeness (QED) is 0.712. The molecule has 78 valence electrons. The number of allylic oxidation sites excluding steroid dienone is 1. The van der Waals surface area contributed by atoms with Crippen LogP contribution >= 0.6 is 0 Å². The van der Waals surface area contributed by atoms with Crippen molar-refractivity contribution in [2.24, 2.45) is 0 Å². The van der Waals surface area contributed by atoms with E-state index in [1.807, 2.05) is 24.3 Å². The Morgan fingerprint density at radius 2 is 2.07 bits per heavy atom. The molecule has 15 heavy (non-hydrogen) atoms. The molecule has 0 unspecified atom stereocenters. The average molecular weight is 204 g/mol. The van der Waals surface area contributed by atoms with Crippen LogP contribution in [0.4, 0.5) is 0 Å². The zero-order valence-electron chi connectivity index (χ0n) is 8.49. The van der Waals surface area contributed by atoms with Crippen LogP contribution in [0.2, 0.25) is 0 Å². The Labute approximate surface area is 88.0 Å². The number of carbonyl (C=O) groups excluding carboxylic acids is 1. The van der Waals surface area contributed by atoms with Crippen LogP contribution in [0, 0.1) is 0 Å². The van der Waals surface area contributed by atoms with Gasteiger partial charge in [0.15, 0.2) is 0 Å². The lowest BCUT2D eigenvalue weighted by atomic mass is 9.90. The Balaban J connectivity index is 2.55. The van der Waals surface area contributed by atoms with Crippen LogP contribution in [0.25, 0.3) is 5.57 Å². The summed E-state index contributed by atoms with van der Waals surface area (Å²) >= 11 is 0. The maximum Gasteiger partial charge on any atom is 0.341 e. The summed E-state index contributed by atoms with van der Waals surface area (Å²) in [5, 5.41) is 9.70. The van der Waals surface area contributed by atoms with Crippen molar-refractivity contribution < 1.29 is 14.6 Å². The van der Waals surface area contributed by atoms with Gasteiger partial charge in [-0.05, 0) is 17.5 Å². The summed E-state index contributed by atoms with van der Waals surface area (Å²) in [6, 6.07) is 7.57. The molecule has 0 saturated carbocycles. The highest BCUT2D eigenvalue weighted by Crippen LogP contribution is 2.30. The second kappa shape index (κ2) is 3.77. The van der Waals surface area contributed by atoms with Gasteiger partial charge in [0.25, 0.3) is 0 Å². The van der Waals surface area contributed by atoms with Crippen molar-refractivity contribution in [3.63, 3.8) is 0 Å². The van der Waals surface area contributed by atoms with Crippen LogP contribution in [0.15, 0.2) is 30.0 Å². The first-order chi connectivity index (χ1) is 7.24. The average Bonchev–Trinajstić information content (AvgIpc) is 2.28. The van der Waals surface area contributed by atoms with E-state index in [4.69, 9.17) is 0 Å². The molecule has 0 atom stereocenters. The first-order valence-electron chi connectivity index (χ1n) is 4.82. The van der Waals surface area contributed by atoms with Gasteiger partial charge in [0.1, 0.15) is 11.3 Å². The highest BCUT2D eigenvalue weighted by atomic mass is 16.5. The highest BCUT2D eigenvalue weighted by molar-refractivity contribution is 6.17. The zero-order chi connectivity index (χ0) is 10.8. The molecular formula is C12H12O3. The van der Waals surface area contributed by atoms with E-state index in [0.717, 1.165) is 17.5 Å². The Morgan fingerprint density at radius 1 is 1.33 bits per heavy atom. The summed E-state index contributed by atoms with van der Waals surface area (Å²) in [7, 11) is 1.32. The third-order valence-corrected chi connectivity index (χ3v) is 2.60. The molecule has 0 radical (unpaired) electrons. The molecule has 1 aromatic carbocycles. The summed E-state index contributed by atoms with van der Waals surface area (Å²) < 4.78 is 4.66. The van der Waals surface area contributed by atoms with Gasteiger partial charge in [0, 0.05) is 6.42 Å². The molecule has 1 aliphatic carbocycles. The first-order valence-corrected chi connectivity index (χ1v) is 4.82. The molecule has 0 fully saturated rings. The normalized spacial score (nSPS) is 14.7. The standard InChI is InChI=1S/C12H12O3/c1-15-12(14)11-9-5-3-2-4-8(9)6-7-10(11)13/h2-5,13H,6-7H2,1H3. The van der Waals surface area contributed by atoms with E-state index in [1.54, 1.807) is 0 Å². The smallest absolute Gasteiger partial charge is 0.341 e. The summed E-state index contributed by atoms with van der Waals surface area (Å²) in [4.78, 5) is 11.5. The minimum atomic E-state index is -0.473. The number of carbonyl (C=O) groups is 1. The highest BCUT2D eigenvalue weighted by Gasteiger charge is 2.24. The van der Waals surface area contributed by atoms with Gasteiger partial charge >= 0.3 is 5.97 Å². The van der Waals surface area contributed by atoms with Crippen molar-refractivity contribution in [3.05, 3.63) is 41.2 Å². The molecule has 0 heterocycles. The number of hydrogen-bond acceptors (Lipinski definition) is 3. The fourth-order valence-electron chi connectivity index (χ4n) is 1.85. The van der Waals surface area contributed by atoms with Gasteiger partial charge < -0.3 is 9.84 Å². The van der Waals surface area contributed by atoms with Gasteiger partial charge in [-0.2, -0.15) is 0 Å². The molecule has 3 heteroatoms. The number of aryl methyl sites for hydroxylation is 1. The first kappa shape index (κ1) is 9.77. The number of fused-ring (bicyclic) bond motifs is 1. The van der Waals surface area contributed by atoms with Crippen LogP contribution < -0.4 is 0 Å². The van der Waals surface area contributed by atoms with Gasteiger partial charge in [-0.15, -0.1) is 0 Å². The summed E-state index contributed by atoms with van der Waals surface area (Å²) in [6.07, 6.45) is 1.27. The molecule has 0 amide bonds. The predicted molar refractivity (Wildman–Crippen MR) is 56.3 cm³/mol. The molecule has 0 bridgehead atoms. The monoisotopic (exact) mass is 204 g/mol. The van der Waals surface area contributed by atoms with E-state index in [1.165, 1.54) is 7.11 Å². The molecule has 0 saturated heterocycles. The molecule has 3 nitrogen and oxygen atoms in total. The van der Waals surface area contributed by atoms with Crippen LogP contribution in [-0.4, -0.2) is 18.2 Å². The maximum atomic E-state index is 11.5. The van der Waals surface area contributed by atoms with Crippen LogP contribution in [0.3, 0.4) is 0 Å². The molecule has 0 aromatic heterocycles. The molecule has 1 N–H and O–H groups in total. The number of rotatable bonds is 1. The van der Waals surface area contributed by atoms with Gasteiger partial charge in [0.2, 0.25) is 0 Å². The Kier molecular flexibility index (Phi) is 2.46.